The van der Waals surface area contributed by atoms with Gasteiger partial charge in [0.25, 0.3) is 5.91 Å². The molecule has 1 rings (SSSR count). The maximum absolute atomic E-state index is 11.4. The fourth-order valence-corrected chi connectivity index (χ4v) is 1.87. The predicted octanol–water partition coefficient (Wildman–Crippen LogP) is 1.97. The summed E-state index contributed by atoms with van der Waals surface area (Å²) in [5.41, 5.74) is 2.50. The maximum Gasteiger partial charge on any atom is 0.263 e. The van der Waals surface area contributed by atoms with Crippen LogP contribution in [0.25, 0.3) is 0 Å². The second kappa shape index (κ2) is 5.34. The summed E-state index contributed by atoms with van der Waals surface area (Å²) in [4.78, 5) is 16.2. The van der Waals surface area contributed by atoms with Crippen LogP contribution in [0, 0.1) is 6.92 Å². The highest BCUT2D eigenvalue weighted by Crippen LogP contribution is 2.11. The first-order chi connectivity index (χ1) is 6.25. The topological polar surface area (TPSA) is 42.0 Å². The van der Waals surface area contributed by atoms with Crippen molar-refractivity contribution in [2.45, 2.75) is 13.3 Å². The highest BCUT2D eigenvalue weighted by atomic mass is 79.9. The van der Waals surface area contributed by atoms with Crippen LogP contribution < -0.4 is 5.32 Å². The third-order valence-corrected chi connectivity index (χ3v) is 3.04. The summed E-state index contributed by atoms with van der Waals surface area (Å²) in [5, 5.41) is 3.74. The number of nitrogens with zero attached hydrogens (tertiary/aromatic N) is 1. The lowest BCUT2D eigenvalue weighted by molar-refractivity contribution is 0.0957. The lowest BCUT2D eigenvalue weighted by atomic mass is 10.3. The highest BCUT2D eigenvalue weighted by molar-refractivity contribution is 9.09. The molecule has 0 atom stereocenters. The van der Waals surface area contributed by atoms with Crippen LogP contribution in [0.4, 0.5) is 0 Å². The summed E-state index contributed by atoms with van der Waals surface area (Å²) in [6, 6.07) is 0. The van der Waals surface area contributed by atoms with Gasteiger partial charge in [0.1, 0.15) is 4.88 Å². The predicted molar refractivity (Wildman–Crippen MR) is 57.6 cm³/mol. The summed E-state index contributed by atoms with van der Waals surface area (Å²) in [5.74, 6) is -0.0130. The van der Waals surface area contributed by atoms with Crippen molar-refractivity contribution in [2.24, 2.45) is 0 Å². The molecule has 0 saturated carbocycles. The van der Waals surface area contributed by atoms with E-state index in [-0.39, 0.29) is 5.91 Å². The quantitative estimate of drug-likeness (QED) is 0.666. The van der Waals surface area contributed by atoms with Crippen LogP contribution in [0.1, 0.15) is 21.8 Å². The summed E-state index contributed by atoms with van der Waals surface area (Å²) in [6.07, 6.45) is 0.948. The number of carbonyl (C=O) groups excluding carboxylic acids is 1. The zero-order valence-electron chi connectivity index (χ0n) is 7.34. The Morgan fingerprint density at radius 2 is 2.54 bits per heavy atom. The van der Waals surface area contributed by atoms with Crippen molar-refractivity contribution in [3.8, 4) is 0 Å². The summed E-state index contributed by atoms with van der Waals surface area (Å²) < 4.78 is 0. The number of hydrogen-bond donors (Lipinski definition) is 1. The van der Waals surface area contributed by atoms with E-state index in [9.17, 15) is 4.79 Å². The van der Waals surface area contributed by atoms with E-state index < -0.39 is 0 Å². The zero-order valence-corrected chi connectivity index (χ0v) is 9.74. The number of nitrogens with one attached hydrogen (secondary N) is 1. The SMILES string of the molecule is Cc1ncsc1C(=O)NCCCBr. The molecule has 0 unspecified atom stereocenters. The minimum Gasteiger partial charge on any atom is -0.351 e. The number of halogens is 1. The van der Waals surface area contributed by atoms with Crippen LogP contribution in [0.15, 0.2) is 5.51 Å². The number of aryl methyl sites for hydroxylation is 1. The summed E-state index contributed by atoms with van der Waals surface area (Å²) in [7, 11) is 0. The molecule has 1 N–H and O–H groups in total. The van der Waals surface area contributed by atoms with E-state index in [1.807, 2.05) is 6.92 Å². The first kappa shape index (κ1) is 10.7. The molecule has 0 fully saturated rings. The molecule has 3 nitrogen and oxygen atoms in total. The van der Waals surface area contributed by atoms with Gasteiger partial charge in [-0.25, -0.2) is 4.98 Å². The monoisotopic (exact) mass is 262 g/mol. The van der Waals surface area contributed by atoms with Crippen molar-refractivity contribution in [3.63, 3.8) is 0 Å². The van der Waals surface area contributed by atoms with E-state index >= 15 is 0 Å². The second-order valence-corrected chi connectivity index (χ2v) is 4.21. The average Bonchev–Trinajstić information content (AvgIpc) is 2.52. The molecule has 1 aromatic rings. The maximum atomic E-state index is 11.4. The number of hydrogen-bond acceptors (Lipinski definition) is 3. The molecule has 13 heavy (non-hydrogen) atoms. The van der Waals surface area contributed by atoms with Crippen molar-refractivity contribution < 1.29 is 4.79 Å². The largest absolute Gasteiger partial charge is 0.351 e. The molecular formula is C8H11BrN2OS. The fourth-order valence-electron chi connectivity index (χ4n) is 0.869. The van der Waals surface area contributed by atoms with Gasteiger partial charge < -0.3 is 5.32 Å². The minimum atomic E-state index is -0.0130. The molecule has 0 aliphatic heterocycles. The molecule has 0 aliphatic carbocycles. The van der Waals surface area contributed by atoms with Crippen LogP contribution in [0.2, 0.25) is 0 Å². The van der Waals surface area contributed by atoms with Gasteiger partial charge in [-0.15, -0.1) is 11.3 Å². The van der Waals surface area contributed by atoms with Crippen LogP contribution in [-0.2, 0) is 0 Å². The fraction of sp³-hybridized carbons (Fsp3) is 0.500. The second-order valence-electron chi connectivity index (χ2n) is 2.57. The molecule has 0 spiro atoms. The van der Waals surface area contributed by atoms with Crippen LogP contribution in [0.5, 0.6) is 0 Å². The first-order valence-corrected chi connectivity index (χ1v) is 6.00. The van der Waals surface area contributed by atoms with Crippen LogP contribution in [-0.4, -0.2) is 22.8 Å². The smallest absolute Gasteiger partial charge is 0.263 e. The Kier molecular flexibility index (Phi) is 4.38. The molecule has 0 radical (unpaired) electrons. The van der Waals surface area contributed by atoms with Gasteiger partial charge in [-0.2, -0.15) is 0 Å². The van der Waals surface area contributed by atoms with Crippen molar-refractivity contribution in [1.82, 2.24) is 10.3 Å². The van der Waals surface area contributed by atoms with Gasteiger partial charge in [0, 0.05) is 11.9 Å². The van der Waals surface area contributed by atoms with Gasteiger partial charge in [-0.1, -0.05) is 15.9 Å². The number of alkyl halides is 1. The Hall–Kier alpha value is -0.420. The molecule has 5 heteroatoms. The number of carbonyl (C=O) groups is 1. The normalized spacial score (nSPS) is 10.0. The molecule has 1 heterocycles. The van der Waals surface area contributed by atoms with Gasteiger partial charge in [0.05, 0.1) is 11.2 Å². The molecule has 0 aliphatic rings. The number of aromatic nitrogens is 1. The Balaban J connectivity index is 2.45. The van der Waals surface area contributed by atoms with Crippen LogP contribution >= 0.6 is 27.3 Å². The Labute approximate surface area is 89.7 Å². The zero-order chi connectivity index (χ0) is 9.68. The van der Waals surface area contributed by atoms with Crippen molar-refractivity contribution in [3.05, 3.63) is 16.1 Å². The van der Waals surface area contributed by atoms with Crippen molar-refractivity contribution >= 4 is 33.2 Å². The van der Waals surface area contributed by atoms with Crippen molar-refractivity contribution in [1.29, 1.82) is 0 Å². The van der Waals surface area contributed by atoms with E-state index in [1.54, 1.807) is 5.51 Å². The molecule has 0 saturated heterocycles. The molecular weight excluding hydrogens is 252 g/mol. The Bertz CT molecular complexity index is 287. The van der Waals surface area contributed by atoms with Gasteiger partial charge in [-0.05, 0) is 13.3 Å². The number of thiazole rings is 1. The lowest BCUT2D eigenvalue weighted by Crippen LogP contribution is -2.24. The Morgan fingerprint density at radius 1 is 1.77 bits per heavy atom. The van der Waals surface area contributed by atoms with E-state index in [0.717, 1.165) is 22.3 Å². The first-order valence-electron chi connectivity index (χ1n) is 4.00. The van der Waals surface area contributed by atoms with E-state index in [0.29, 0.717) is 6.54 Å². The number of rotatable bonds is 4. The Morgan fingerprint density at radius 3 is 3.08 bits per heavy atom. The van der Waals surface area contributed by atoms with Gasteiger partial charge >= 0.3 is 0 Å². The van der Waals surface area contributed by atoms with Crippen molar-refractivity contribution in [2.75, 3.05) is 11.9 Å². The van der Waals surface area contributed by atoms with E-state index in [4.69, 9.17) is 0 Å². The molecule has 0 bridgehead atoms. The van der Waals surface area contributed by atoms with Gasteiger partial charge in [-0.3, -0.25) is 4.79 Å². The standard InChI is InChI=1S/C8H11BrN2OS/c1-6-7(13-5-11-6)8(12)10-4-2-3-9/h5H,2-4H2,1H3,(H,10,12). The number of amides is 1. The van der Waals surface area contributed by atoms with Gasteiger partial charge in [0.2, 0.25) is 0 Å². The highest BCUT2D eigenvalue weighted by Gasteiger charge is 2.09. The molecule has 1 amide bonds. The molecule has 1 aromatic heterocycles. The summed E-state index contributed by atoms with van der Waals surface area (Å²) in [6.45, 7) is 2.55. The van der Waals surface area contributed by atoms with E-state index in [2.05, 4.69) is 26.2 Å². The van der Waals surface area contributed by atoms with E-state index in [1.165, 1.54) is 11.3 Å². The molecule has 72 valence electrons. The third kappa shape index (κ3) is 3.08. The average molecular weight is 263 g/mol. The minimum absolute atomic E-state index is 0.0130. The summed E-state index contributed by atoms with van der Waals surface area (Å²) >= 11 is 4.68. The third-order valence-electron chi connectivity index (χ3n) is 1.55. The van der Waals surface area contributed by atoms with Crippen LogP contribution in [0.3, 0.4) is 0 Å². The van der Waals surface area contributed by atoms with Gasteiger partial charge in [0.15, 0.2) is 0 Å². The molecule has 0 aromatic carbocycles. The lowest BCUT2D eigenvalue weighted by Gasteiger charge is -2.01.